The van der Waals surface area contributed by atoms with Gasteiger partial charge >= 0.3 is 0 Å². The Hall–Kier alpha value is -1.88. The van der Waals surface area contributed by atoms with Crippen LogP contribution < -0.4 is 10.9 Å². The second-order valence-electron chi connectivity index (χ2n) is 6.05. The molecule has 0 aliphatic heterocycles. The summed E-state index contributed by atoms with van der Waals surface area (Å²) >= 11 is 1.82. The molecule has 5 heteroatoms. The number of aromatic nitrogens is 1. The van der Waals surface area contributed by atoms with Crippen LogP contribution in [-0.2, 0) is 30.7 Å². The molecule has 1 aliphatic carbocycles. The van der Waals surface area contributed by atoms with Crippen LogP contribution in [0.25, 0.3) is 0 Å². The maximum absolute atomic E-state index is 12.1. The van der Waals surface area contributed by atoms with Gasteiger partial charge in [-0.05, 0) is 55.2 Å². The van der Waals surface area contributed by atoms with Gasteiger partial charge in [0.2, 0.25) is 5.91 Å². The molecule has 0 saturated heterocycles. The first-order chi connectivity index (χ1) is 11.1. The number of hydrogen-bond acceptors (Lipinski definition) is 3. The fourth-order valence-corrected chi connectivity index (χ4v) is 4.26. The monoisotopic (exact) mass is 330 g/mol. The van der Waals surface area contributed by atoms with E-state index in [4.69, 9.17) is 0 Å². The van der Waals surface area contributed by atoms with Crippen LogP contribution >= 0.6 is 11.3 Å². The zero-order valence-electron chi connectivity index (χ0n) is 13.4. The van der Waals surface area contributed by atoms with Gasteiger partial charge in [-0.2, -0.15) is 0 Å². The van der Waals surface area contributed by atoms with Gasteiger partial charge in [-0.3, -0.25) is 9.59 Å². The Labute approximate surface area is 140 Å². The molecular formula is C18H22N2O2S. The first-order valence-corrected chi connectivity index (χ1v) is 9.04. The third kappa shape index (κ3) is 3.72. The number of thiophene rings is 1. The summed E-state index contributed by atoms with van der Waals surface area (Å²) in [6, 6.07) is 5.16. The molecule has 1 N–H and O–H groups in total. The molecule has 122 valence electrons. The van der Waals surface area contributed by atoms with Crippen molar-refractivity contribution in [3.8, 4) is 0 Å². The van der Waals surface area contributed by atoms with Gasteiger partial charge in [0, 0.05) is 36.1 Å². The average Bonchev–Trinajstić information content (AvgIpc) is 2.96. The van der Waals surface area contributed by atoms with Gasteiger partial charge in [0.15, 0.2) is 0 Å². The Morgan fingerprint density at radius 3 is 2.96 bits per heavy atom. The number of carbonyl (C=O) groups is 1. The van der Waals surface area contributed by atoms with E-state index in [0.717, 1.165) is 12.1 Å². The van der Waals surface area contributed by atoms with E-state index in [2.05, 4.69) is 10.7 Å². The number of nitrogens with zero attached hydrogens (tertiary/aromatic N) is 1. The van der Waals surface area contributed by atoms with Crippen molar-refractivity contribution >= 4 is 17.2 Å². The molecule has 4 nitrogen and oxygen atoms in total. The molecule has 2 aromatic rings. The maximum atomic E-state index is 12.1. The third-order valence-electron chi connectivity index (χ3n) is 4.45. The molecule has 1 aliphatic rings. The lowest BCUT2D eigenvalue weighted by Crippen LogP contribution is -2.27. The second-order valence-corrected chi connectivity index (χ2v) is 7.02. The predicted molar refractivity (Wildman–Crippen MR) is 92.9 cm³/mol. The minimum atomic E-state index is -0.0512. The van der Waals surface area contributed by atoms with Crippen LogP contribution in [0.4, 0.5) is 0 Å². The fourth-order valence-electron chi connectivity index (χ4n) is 3.11. The number of pyridine rings is 1. The molecule has 2 heterocycles. The van der Waals surface area contributed by atoms with Crippen molar-refractivity contribution in [2.75, 3.05) is 0 Å². The third-order valence-corrected chi connectivity index (χ3v) is 5.59. The summed E-state index contributed by atoms with van der Waals surface area (Å²) in [5.74, 6) is -0.00378. The molecule has 0 radical (unpaired) electrons. The van der Waals surface area contributed by atoms with Gasteiger partial charge in [-0.1, -0.05) is 6.07 Å². The Morgan fingerprint density at radius 2 is 2.13 bits per heavy atom. The smallest absolute Gasteiger partial charge is 0.250 e. The number of amides is 1. The molecule has 3 rings (SSSR count). The highest BCUT2D eigenvalue weighted by molar-refractivity contribution is 7.10. The van der Waals surface area contributed by atoms with Gasteiger partial charge in [0.25, 0.3) is 5.56 Å². The Bertz CT molecular complexity index is 761. The first-order valence-electron chi connectivity index (χ1n) is 8.16. The minimum Gasteiger partial charge on any atom is -0.352 e. The molecule has 0 bridgehead atoms. The Morgan fingerprint density at radius 1 is 1.30 bits per heavy atom. The Kier molecular flexibility index (Phi) is 4.96. The Balaban J connectivity index is 1.54. The summed E-state index contributed by atoms with van der Waals surface area (Å²) in [6.07, 6.45) is 5.19. The van der Waals surface area contributed by atoms with E-state index in [1.54, 1.807) is 10.6 Å². The van der Waals surface area contributed by atoms with E-state index >= 15 is 0 Å². The van der Waals surface area contributed by atoms with Crippen molar-refractivity contribution in [2.45, 2.75) is 52.1 Å². The highest BCUT2D eigenvalue weighted by Crippen LogP contribution is 2.30. The number of hydrogen-bond donors (Lipinski definition) is 1. The zero-order chi connectivity index (χ0) is 16.2. The van der Waals surface area contributed by atoms with E-state index in [-0.39, 0.29) is 11.5 Å². The maximum Gasteiger partial charge on any atom is 0.250 e. The topological polar surface area (TPSA) is 51.1 Å². The summed E-state index contributed by atoms with van der Waals surface area (Å²) in [6.45, 7) is 2.92. The number of carbonyl (C=O) groups excluding carboxylic acids is 1. The molecule has 2 aromatic heterocycles. The number of aryl methyl sites for hydroxylation is 2. The van der Waals surface area contributed by atoms with Gasteiger partial charge in [-0.15, -0.1) is 11.3 Å². The zero-order valence-corrected chi connectivity index (χ0v) is 14.2. The van der Waals surface area contributed by atoms with Crippen LogP contribution in [0.2, 0.25) is 0 Å². The summed E-state index contributed by atoms with van der Waals surface area (Å²) in [4.78, 5) is 25.4. The quantitative estimate of drug-likeness (QED) is 0.916. The standard InChI is InChI=1S/C18H22N2O2S/c1-13-5-4-8-18(22)20(13)10-9-17(21)19-11-14-12-23-16-7-3-2-6-15(14)16/h4-5,8,12H,2-3,6-7,9-11H2,1H3,(H,19,21). The van der Waals surface area contributed by atoms with Crippen LogP contribution in [0.1, 0.15) is 41.0 Å². The average molecular weight is 330 g/mol. The summed E-state index contributed by atoms with van der Waals surface area (Å²) in [7, 11) is 0. The second kappa shape index (κ2) is 7.13. The van der Waals surface area contributed by atoms with Gasteiger partial charge in [0.05, 0.1) is 0 Å². The van der Waals surface area contributed by atoms with E-state index in [9.17, 15) is 9.59 Å². The van der Waals surface area contributed by atoms with Gasteiger partial charge in [0.1, 0.15) is 0 Å². The molecule has 0 unspecified atom stereocenters. The summed E-state index contributed by atoms with van der Waals surface area (Å²) in [5, 5.41) is 5.18. The van der Waals surface area contributed by atoms with Crippen molar-refractivity contribution in [1.82, 2.24) is 9.88 Å². The van der Waals surface area contributed by atoms with Crippen LogP contribution in [0.3, 0.4) is 0 Å². The van der Waals surface area contributed by atoms with Crippen molar-refractivity contribution in [3.63, 3.8) is 0 Å². The van der Waals surface area contributed by atoms with Crippen LogP contribution in [0.5, 0.6) is 0 Å². The minimum absolute atomic E-state index is 0.00378. The lowest BCUT2D eigenvalue weighted by Gasteiger charge is -2.13. The molecule has 0 fully saturated rings. The molecular weight excluding hydrogens is 308 g/mol. The number of fused-ring (bicyclic) bond motifs is 1. The molecule has 1 amide bonds. The number of rotatable bonds is 5. The summed E-state index contributed by atoms with van der Waals surface area (Å²) < 4.78 is 1.64. The lowest BCUT2D eigenvalue weighted by molar-refractivity contribution is -0.121. The molecule has 0 atom stereocenters. The highest BCUT2D eigenvalue weighted by Gasteiger charge is 2.15. The van der Waals surface area contributed by atoms with Crippen molar-refractivity contribution < 1.29 is 4.79 Å². The van der Waals surface area contributed by atoms with Gasteiger partial charge in [-0.25, -0.2) is 0 Å². The predicted octanol–water partition coefficient (Wildman–Crippen LogP) is 2.80. The van der Waals surface area contributed by atoms with Crippen molar-refractivity contribution in [1.29, 1.82) is 0 Å². The summed E-state index contributed by atoms with van der Waals surface area (Å²) in [5.41, 5.74) is 3.56. The molecule has 0 spiro atoms. The lowest BCUT2D eigenvalue weighted by atomic mass is 9.96. The fraction of sp³-hybridized carbons (Fsp3) is 0.444. The van der Waals surface area contributed by atoms with E-state index in [0.29, 0.717) is 19.5 Å². The SMILES string of the molecule is Cc1cccc(=O)n1CCC(=O)NCc1csc2c1CCCC2. The largest absolute Gasteiger partial charge is 0.352 e. The van der Waals surface area contributed by atoms with E-state index in [1.165, 1.54) is 41.3 Å². The first kappa shape index (κ1) is 16.0. The van der Waals surface area contributed by atoms with E-state index in [1.807, 2.05) is 24.3 Å². The van der Waals surface area contributed by atoms with Crippen LogP contribution in [-0.4, -0.2) is 10.5 Å². The van der Waals surface area contributed by atoms with Crippen molar-refractivity contribution in [3.05, 3.63) is 55.6 Å². The van der Waals surface area contributed by atoms with Crippen LogP contribution in [0, 0.1) is 6.92 Å². The molecule has 23 heavy (non-hydrogen) atoms. The van der Waals surface area contributed by atoms with Gasteiger partial charge < -0.3 is 9.88 Å². The number of nitrogens with one attached hydrogen (secondary N) is 1. The van der Waals surface area contributed by atoms with E-state index < -0.39 is 0 Å². The molecule has 0 saturated carbocycles. The van der Waals surface area contributed by atoms with Crippen LogP contribution in [0.15, 0.2) is 28.4 Å². The van der Waals surface area contributed by atoms with Crippen molar-refractivity contribution in [2.24, 2.45) is 0 Å². The highest BCUT2D eigenvalue weighted by atomic mass is 32.1. The normalized spacial score (nSPS) is 13.6. The molecule has 0 aromatic carbocycles.